The molecule has 0 radical (unpaired) electrons. The highest BCUT2D eigenvalue weighted by molar-refractivity contribution is 7.16. The number of hydrogen-bond donors (Lipinski definition) is 1. The van der Waals surface area contributed by atoms with E-state index >= 15 is 0 Å². The van der Waals surface area contributed by atoms with E-state index in [9.17, 15) is 5.26 Å². The molecular weight excluding hydrogens is 342 g/mol. The molecule has 0 bridgehead atoms. The average Bonchev–Trinajstić information content (AvgIpc) is 3.03. The van der Waals surface area contributed by atoms with Crippen LogP contribution in [0.2, 0.25) is 0 Å². The van der Waals surface area contributed by atoms with Crippen molar-refractivity contribution in [1.82, 2.24) is 4.90 Å². The molecule has 1 aromatic carbocycles. The number of allylic oxidation sites excluding steroid dienone is 1. The number of methoxy groups -OCH3 is 1. The highest BCUT2D eigenvalue weighted by Crippen LogP contribution is 2.36. The number of hydrogen-bond acceptors (Lipinski definition) is 5. The first-order chi connectivity index (χ1) is 12.7. The van der Waals surface area contributed by atoms with Crippen molar-refractivity contribution in [3.05, 3.63) is 57.5 Å². The first-order valence-electron chi connectivity index (χ1n) is 8.98. The van der Waals surface area contributed by atoms with Crippen LogP contribution in [0.3, 0.4) is 0 Å². The molecule has 0 saturated heterocycles. The van der Waals surface area contributed by atoms with Crippen molar-refractivity contribution < 1.29 is 4.74 Å². The molecule has 5 heteroatoms. The standard InChI is InChI=1S/C21H25N3OS/c1-4-7-19(25-3)16-9-6-5-8-15(16)13-24-11-10-17-18(12-22)21(23-2)26-20(17)14-24/h5-9,23H,4,10-11,13-14H2,1-3H3/b19-7+. The highest BCUT2D eigenvalue weighted by atomic mass is 32.1. The molecule has 0 spiro atoms. The van der Waals surface area contributed by atoms with E-state index in [-0.39, 0.29) is 0 Å². The van der Waals surface area contributed by atoms with Crippen LogP contribution < -0.4 is 5.32 Å². The van der Waals surface area contributed by atoms with E-state index in [1.807, 2.05) is 7.05 Å². The Morgan fingerprint density at radius 2 is 2.23 bits per heavy atom. The lowest BCUT2D eigenvalue weighted by Gasteiger charge is -2.27. The molecule has 3 rings (SSSR count). The molecule has 26 heavy (non-hydrogen) atoms. The Labute approximate surface area is 159 Å². The zero-order valence-electron chi connectivity index (χ0n) is 15.6. The smallest absolute Gasteiger partial charge is 0.122 e. The minimum absolute atomic E-state index is 0.833. The van der Waals surface area contributed by atoms with E-state index in [4.69, 9.17) is 4.74 Å². The van der Waals surface area contributed by atoms with Crippen LogP contribution in [-0.2, 0) is 24.2 Å². The van der Waals surface area contributed by atoms with Crippen LogP contribution in [0.4, 0.5) is 5.00 Å². The summed E-state index contributed by atoms with van der Waals surface area (Å²) in [5.41, 5.74) is 4.51. The predicted molar refractivity (Wildman–Crippen MR) is 108 cm³/mol. The molecule has 2 aromatic rings. The van der Waals surface area contributed by atoms with Crippen LogP contribution in [0.25, 0.3) is 5.76 Å². The third-order valence-corrected chi connectivity index (χ3v) is 6.00. The van der Waals surface area contributed by atoms with E-state index in [1.54, 1.807) is 18.4 Å². The molecule has 1 N–H and O–H groups in total. The zero-order chi connectivity index (χ0) is 18.5. The molecule has 1 aliphatic rings. The minimum atomic E-state index is 0.833. The number of nitrogens with zero attached hydrogens (tertiary/aromatic N) is 2. The maximum Gasteiger partial charge on any atom is 0.122 e. The van der Waals surface area contributed by atoms with Crippen LogP contribution in [-0.4, -0.2) is 25.6 Å². The Balaban J connectivity index is 1.83. The van der Waals surface area contributed by atoms with Gasteiger partial charge in [0.1, 0.15) is 16.8 Å². The van der Waals surface area contributed by atoms with Crippen molar-refractivity contribution in [2.24, 2.45) is 0 Å². The van der Waals surface area contributed by atoms with Crippen LogP contribution in [0.15, 0.2) is 30.3 Å². The molecule has 4 nitrogen and oxygen atoms in total. The first kappa shape index (κ1) is 18.5. The van der Waals surface area contributed by atoms with Crippen LogP contribution in [0.1, 0.15) is 40.5 Å². The molecule has 0 saturated carbocycles. The van der Waals surface area contributed by atoms with Gasteiger partial charge in [0, 0.05) is 37.1 Å². The number of anilines is 1. The molecule has 0 atom stereocenters. The highest BCUT2D eigenvalue weighted by Gasteiger charge is 2.24. The number of nitriles is 1. The van der Waals surface area contributed by atoms with Crippen molar-refractivity contribution in [3.8, 4) is 6.07 Å². The topological polar surface area (TPSA) is 48.3 Å². The lowest BCUT2D eigenvalue weighted by molar-refractivity contribution is 0.248. The van der Waals surface area contributed by atoms with E-state index < -0.39 is 0 Å². The SMILES string of the molecule is CC/C=C(/OC)c1ccccc1CN1CCc2c(sc(NC)c2C#N)C1. The second-order valence-electron chi connectivity index (χ2n) is 6.37. The summed E-state index contributed by atoms with van der Waals surface area (Å²) in [5.74, 6) is 0.946. The maximum atomic E-state index is 9.45. The Bertz CT molecular complexity index is 847. The van der Waals surface area contributed by atoms with E-state index in [0.717, 1.165) is 48.8 Å². The number of nitrogens with one attached hydrogen (secondary N) is 1. The minimum Gasteiger partial charge on any atom is -0.496 e. The van der Waals surface area contributed by atoms with Gasteiger partial charge in [0.2, 0.25) is 0 Å². The molecule has 1 aromatic heterocycles. The summed E-state index contributed by atoms with van der Waals surface area (Å²) >= 11 is 1.71. The van der Waals surface area contributed by atoms with Gasteiger partial charge in [-0.3, -0.25) is 4.90 Å². The average molecular weight is 368 g/mol. The Morgan fingerprint density at radius 3 is 2.92 bits per heavy atom. The third-order valence-electron chi connectivity index (χ3n) is 4.76. The zero-order valence-corrected chi connectivity index (χ0v) is 16.4. The molecule has 136 valence electrons. The van der Waals surface area contributed by atoms with Gasteiger partial charge in [0.15, 0.2) is 0 Å². The molecule has 0 unspecified atom stereocenters. The molecular formula is C21H25N3OS. The summed E-state index contributed by atoms with van der Waals surface area (Å²) in [4.78, 5) is 3.77. The third kappa shape index (κ3) is 3.62. The Kier molecular flexibility index (Phi) is 5.97. The van der Waals surface area contributed by atoms with Gasteiger partial charge in [-0.2, -0.15) is 5.26 Å². The summed E-state index contributed by atoms with van der Waals surface area (Å²) in [6.07, 6.45) is 4.01. The van der Waals surface area contributed by atoms with Gasteiger partial charge in [0.05, 0.1) is 12.7 Å². The van der Waals surface area contributed by atoms with E-state index in [1.165, 1.54) is 21.6 Å². The summed E-state index contributed by atoms with van der Waals surface area (Å²) in [5, 5.41) is 13.6. The lowest BCUT2D eigenvalue weighted by atomic mass is 10.0. The van der Waals surface area contributed by atoms with Crippen molar-refractivity contribution >= 4 is 22.1 Å². The number of thiophene rings is 1. The van der Waals surface area contributed by atoms with Gasteiger partial charge >= 0.3 is 0 Å². The van der Waals surface area contributed by atoms with Gasteiger partial charge < -0.3 is 10.1 Å². The quantitative estimate of drug-likeness (QED) is 0.757. The normalized spacial score (nSPS) is 14.6. The summed E-state index contributed by atoms with van der Waals surface area (Å²) in [6.45, 7) is 4.87. The number of fused-ring (bicyclic) bond motifs is 1. The van der Waals surface area contributed by atoms with Gasteiger partial charge in [-0.05, 0) is 30.0 Å². The monoisotopic (exact) mass is 367 g/mol. The fourth-order valence-electron chi connectivity index (χ4n) is 3.51. The predicted octanol–water partition coefficient (Wildman–Crippen LogP) is 4.62. The second kappa shape index (κ2) is 8.39. The molecule has 0 fully saturated rings. The first-order valence-corrected chi connectivity index (χ1v) is 9.80. The van der Waals surface area contributed by atoms with Crippen molar-refractivity contribution in [2.75, 3.05) is 26.0 Å². The van der Waals surface area contributed by atoms with E-state index in [2.05, 4.69) is 53.6 Å². The number of benzene rings is 1. The van der Waals surface area contributed by atoms with Gasteiger partial charge in [-0.25, -0.2) is 0 Å². The van der Waals surface area contributed by atoms with Crippen molar-refractivity contribution in [1.29, 1.82) is 5.26 Å². The van der Waals surface area contributed by atoms with Crippen molar-refractivity contribution in [2.45, 2.75) is 32.9 Å². The fraction of sp³-hybridized carbons (Fsp3) is 0.381. The summed E-state index contributed by atoms with van der Waals surface area (Å²) in [7, 11) is 3.62. The molecule has 2 heterocycles. The van der Waals surface area contributed by atoms with Crippen molar-refractivity contribution in [3.63, 3.8) is 0 Å². The van der Waals surface area contributed by atoms with Crippen LogP contribution >= 0.6 is 11.3 Å². The molecule has 1 aliphatic heterocycles. The summed E-state index contributed by atoms with van der Waals surface area (Å²) < 4.78 is 5.61. The van der Waals surface area contributed by atoms with Crippen LogP contribution in [0.5, 0.6) is 0 Å². The fourth-order valence-corrected chi connectivity index (χ4v) is 4.71. The van der Waals surface area contributed by atoms with E-state index in [0.29, 0.717) is 0 Å². The molecule has 0 aliphatic carbocycles. The number of rotatable bonds is 6. The van der Waals surface area contributed by atoms with Gasteiger partial charge in [-0.15, -0.1) is 11.3 Å². The second-order valence-corrected chi connectivity index (χ2v) is 7.47. The summed E-state index contributed by atoms with van der Waals surface area (Å²) in [6, 6.07) is 10.8. The Hall–Kier alpha value is -2.29. The van der Waals surface area contributed by atoms with Gasteiger partial charge in [0.25, 0.3) is 0 Å². The molecule has 0 amide bonds. The van der Waals surface area contributed by atoms with Gasteiger partial charge in [-0.1, -0.05) is 31.2 Å². The maximum absolute atomic E-state index is 9.45. The number of ether oxygens (including phenoxy) is 1. The lowest BCUT2D eigenvalue weighted by Crippen LogP contribution is -2.29. The van der Waals surface area contributed by atoms with Crippen LogP contribution in [0, 0.1) is 11.3 Å². The largest absolute Gasteiger partial charge is 0.496 e. The Morgan fingerprint density at radius 1 is 1.42 bits per heavy atom.